The van der Waals surface area contributed by atoms with Gasteiger partial charge in [0.15, 0.2) is 17.0 Å². The van der Waals surface area contributed by atoms with Crippen molar-refractivity contribution in [2.24, 2.45) is 0 Å². The molecule has 0 bridgehead atoms. The first-order chi connectivity index (χ1) is 13.1. The van der Waals surface area contributed by atoms with Gasteiger partial charge in [0.2, 0.25) is 5.88 Å². The summed E-state index contributed by atoms with van der Waals surface area (Å²) in [5.74, 6) is -0.545. The highest BCUT2D eigenvalue weighted by molar-refractivity contribution is 5.72. The third-order valence-electron chi connectivity index (χ3n) is 3.48. The molecule has 4 rings (SSSR count). The molecule has 0 radical (unpaired) electrons. The Morgan fingerprint density at radius 2 is 2.19 bits per heavy atom. The predicted octanol–water partition coefficient (Wildman–Crippen LogP) is 2.48. The van der Waals surface area contributed by atoms with E-state index in [1.165, 1.54) is 16.9 Å². The fourth-order valence-corrected chi connectivity index (χ4v) is 2.40. The molecule has 12 heteroatoms. The van der Waals surface area contributed by atoms with E-state index in [1.54, 1.807) is 18.5 Å². The Morgan fingerprint density at radius 1 is 1.30 bits per heavy atom. The number of nitrogens with one attached hydrogen (secondary N) is 2. The van der Waals surface area contributed by atoms with Gasteiger partial charge in [-0.05, 0) is 11.6 Å². The zero-order valence-electron chi connectivity index (χ0n) is 13.5. The fourth-order valence-electron chi connectivity index (χ4n) is 2.40. The van der Waals surface area contributed by atoms with E-state index in [-0.39, 0.29) is 35.2 Å². The van der Waals surface area contributed by atoms with Crippen LogP contribution in [0.1, 0.15) is 5.56 Å². The Bertz CT molecular complexity index is 1070. The first kappa shape index (κ1) is 16.8. The van der Waals surface area contributed by atoms with Crippen LogP contribution in [0.15, 0.2) is 36.8 Å². The smallest absolute Gasteiger partial charge is 0.388 e. The molecule has 0 aliphatic rings. The lowest BCUT2D eigenvalue weighted by Gasteiger charge is -2.04. The highest BCUT2D eigenvalue weighted by atomic mass is 19.3. The summed E-state index contributed by atoms with van der Waals surface area (Å²) in [5.41, 5.74) is 1.03. The molecule has 4 heterocycles. The number of aromatic amines is 1. The lowest BCUT2D eigenvalue weighted by atomic mass is 10.3. The van der Waals surface area contributed by atoms with E-state index in [9.17, 15) is 13.2 Å². The molecule has 0 unspecified atom stereocenters. The lowest BCUT2D eigenvalue weighted by molar-refractivity contribution is -0.0528. The van der Waals surface area contributed by atoms with Crippen LogP contribution in [0.4, 0.5) is 24.8 Å². The van der Waals surface area contributed by atoms with E-state index in [2.05, 4.69) is 40.3 Å². The summed E-state index contributed by atoms with van der Waals surface area (Å²) in [4.78, 5) is 12.3. The van der Waals surface area contributed by atoms with Crippen molar-refractivity contribution in [1.29, 1.82) is 0 Å². The van der Waals surface area contributed by atoms with E-state index >= 15 is 0 Å². The number of nitrogens with zero attached hydrogens (tertiary/aromatic N) is 6. The topological polar surface area (TPSA) is 106 Å². The number of hydrogen-bond donors (Lipinski definition) is 2. The van der Waals surface area contributed by atoms with Gasteiger partial charge >= 0.3 is 6.61 Å². The van der Waals surface area contributed by atoms with Gasteiger partial charge in [-0.1, -0.05) is 6.07 Å². The molecule has 0 fully saturated rings. The standard InChI is InChI=1S/C15H11F3N8O/c16-13-12-14(26(25-13)7-8-2-1-3-19-5-8)22-10(6-20-12)21-9-4-11(24-23-9)27-15(17)18/h1-6,15H,7H2,(H2,21,22,23,24). The number of H-pyrrole nitrogens is 1. The van der Waals surface area contributed by atoms with Gasteiger partial charge in [0.25, 0.3) is 5.95 Å². The Balaban J connectivity index is 1.61. The molecule has 0 aliphatic heterocycles. The van der Waals surface area contributed by atoms with E-state index in [1.807, 2.05) is 6.07 Å². The van der Waals surface area contributed by atoms with Gasteiger partial charge in [-0.3, -0.25) is 10.1 Å². The minimum absolute atomic E-state index is 0.00998. The SMILES string of the molecule is Fc1nn(Cc2cccnc2)c2nc(Nc3cc(OC(F)F)n[nH]3)cnc12. The summed E-state index contributed by atoms with van der Waals surface area (Å²) in [6.07, 6.45) is 4.55. The fraction of sp³-hybridized carbons (Fsp3) is 0.133. The van der Waals surface area contributed by atoms with Crippen LogP contribution in [0.3, 0.4) is 0 Å². The molecular formula is C15H11F3N8O. The Labute approximate surface area is 149 Å². The maximum atomic E-state index is 14.0. The second-order valence-electron chi connectivity index (χ2n) is 5.36. The summed E-state index contributed by atoms with van der Waals surface area (Å²) in [5, 5.41) is 12.7. The number of fused-ring (bicyclic) bond motifs is 1. The minimum atomic E-state index is -2.98. The lowest BCUT2D eigenvalue weighted by Crippen LogP contribution is -2.04. The second kappa shape index (κ2) is 6.90. The monoisotopic (exact) mass is 376 g/mol. The zero-order chi connectivity index (χ0) is 18.8. The van der Waals surface area contributed by atoms with Crippen LogP contribution >= 0.6 is 0 Å². The van der Waals surface area contributed by atoms with Crippen molar-refractivity contribution in [1.82, 2.24) is 34.9 Å². The Kier molecular flexibility index (Phi) is 4.28. The van der Waals surface area contributed by atoms with Crippen LogP contribution in [0.25, 0.3) is 11.2 Å². The van der Waals surface area contributed by atoms with Crippen molar-refractivity contribution in [3.63, 3.8) is 0 Å². The second-order valence-corrected chi connectivity index (χ2v) is 5.36. The summed E-state index contributed by atoms with van der Waals surface area (Å²) in [6.45, 7) is -2.73. The van der Waals surface area contributed by atoms with Crippen molar-refractivity contribution in [2.45, 2.75) is 13.2 Å². The maximum Gasteiger partial charge on any atom is 0.388 e. The largest absolute Gasteiger partial charge is 0.415 e. The van der Waals surface area contributed by atoms with E-state index in [0.29, 0.717) is 0 Å². The van der Waals surface area contributed by atoms with Gasteiger partial charge in [0, 0.05) is 18.5 Å². The molecule has 4 aromatic rings. The van der Waals surface area contributed by atoms with Crippen molar-refractivity contribution in [3.8, 4) is 5.88 Å². The van der Waals surface area contributed by atoms with E-state index in [4.69, 9.17) is 0 Å². The van der Waals surface area contributed by atoms with E-state index < -0.39 is 12.6 Å². The summed E-state index contributed by atoms with van der Waals surface area (Å²) >= 11 is 0. The van der Waals surface area contributed by atoms with Gasteiger partial charge < -0.3 is 10.1 Å². The Hall–Kier alpha value is -3.70. The van der Waals surface area contributed by atoms with Crippen molar-refractivity contribution < 1.29 is 17.9 Å². The molecule has 0 saturated heterocycles. The van der Waals surface area contributed by atoms with Crippen molar-refractivity contribution in [2.75, 3.05) is 5.32 Å². The van der Waals surface area contributed by atoms with Crippen LogP contribution in [-0.2, 0) is 6.54 Å². The average molecular weight is 376 g/mol. The van der Waals surface area contributed by atoms with Crippen LogP contribution in [-0.4, -0.2) is 41.5 Å². The molecule has 27 heavy (non-hydrogen) atoms. The van der Waals surface area contributed by atoms with Crippen molar-refractivity contribution >= 4 is 22.8 Å². The molecule has 138 valence electrons. The summed E-state index contributed by atoms with van der Waals surface area (Å²) in [6, 6.07) is 4.81. The third-order valence-corrected chi connectivity index (χ3v) is 3.48. The van der Waals surface area contributed by atoms with Gasteiger partial charge in [-0.2, -0.15) is 13.2 Å². The molecule has 0 aromatic carbocycles. The predicted molar refractivity (Wildman–Crippen MR) is 87.1 cm³/mol. The first-order valence-electron chi connectivity index (χ1n) is 7.63. The molecule has 4 aromatic heterocycles. The third kappa shape index (κ3) is 3.63. The first-order valence-corrected chi connectivity index (χ1v) is 7.63. The molecule has 0 amide bonds. The van der Waals surface area contributed by atoms with Crippen LogP contribution < -0.4 is 10.1 Å². The molecular weight excluding hydrogens is 365 g/mol. The number of aromatic nitrogens is 7. The highest BCUT2D eigenvalue weighted by Crippen LogP contribution is 2.21. The molecule has 2 N–H and O–H groups in total. The number of halogens is 3. The van der Waals surface area contributed by atoms with Crippen molar-refractivity contribution in [3.05, 3.63) is 48.3 Å². The number of hydrogen-bond acceptors (Lipinski definition) is 7. The summed E-state index contributed by atoms with van der Waals surface area (Å²) in [7, 11) is 0. The minimum Gasteiger partial charge on any atom is -0.415 e. The molecule has 0 spiro atoms. The van der Waals surface area contributed by atoms with Gasteiger partial charge in [0.1, 0.15) is 5.82 Å². The van der Waals surface area contributed by atoms with E-state index in [0.717, 1.165) is 5.56 Å². The van der Waals surface area contributed by atoms with Crippen LogP contribution in [0.5, 0.6) is 5.88 Å². The number of pyridine rings is 1. The van der Waals surface area contributed by atoms with Gasteiger partial charge in [-0.25, -0.2) is 14.6 Å². The van der Waals surface area contributed by atoms with Gasteiger partial charge in [-0.15, -0.1) is 10.2 Å². The number of ether oxygens (including phenoxy) is 1. The average Bonchev–Trinajstić information content (AvgIpc) is 3.20. The Morgan fingerprint density at radius 3 is 2.96 bits per heavy atom. The maximum absolute atomic E-state index is 14.0. The number of rotatable bonds is 6. The number of anilines is 2. The van der Waals surface area contributed by atoms with Gasteiger partial charge in [0.05, 0.1) is 12.7 Å². The zero-order valence-corrected chi connectivity index (χ0v) is 13.5. The molecule has 0 aliphatic carbocycles. The van der Waals surface area contributed by atoms with Crippen LogP contribution in [0.2, 0.25) is 0 Å². The molecule has 0 atom stereocenters. The summed E-state index contributed by atoms with van der Waals surface area (Å²) < 4.78 is 43.9. The normalized spacial score (nSPS) is 11.3. The highest BCUT2D eigenvalue weighted by Gasteiger charge is 2.15. The molecule has 0 saturated carbocycles. The van der Waals surface area contributed by atoms with Crippen LogP contribution in [0, 0.1) is 5.95 Å². The molecule has 9 nitrogen and oxygen atoms in total. The number of alkyl halides is 2. The quantitative estimate of drug-likeness (QED) is 0.532.